The lowest BCUT2D eigenvalue weighted by Crippen LogP contribution is -2.32. The van der Waals surface area contributed by atoms with Crippen molar-refractivity contribution in [2.45, 2.75) is 17.4 Å². The van der Waals surface area contributed by atoms with Crippen LogP contribution in [-0.2, 0) is 11.2 Å². The molecule has 0 saturated carbocycles. The van der Waals surface area contributed by atoms with E-state index in [1.54, 1.807) is 0 Å². The van der Waals surface area contributed by atoms with E-state index in [0.717, 1.165) is 17.8 Å². The summed E-state index contributed by atoms with van der Waals surface area (Å²) in [6, 6.07) is -0.629. The molecule has 7 heteroatoms. The highest BCUT2D eigenvalue weighted by Gasteiger charge is 2.21. The zero-order chi connectivity index (χ0) is 13.2. The summed E-state index contributed by atoms with van der Waals surface area (Å²) < 4.78 is 40.1. The number of halogens is 3. The van der Waals surface area contributed by atoms with Crippen LogP contribution in [0.2, 0.25) is 0 Å². The minimum Gasteiger partial charge on any atom is -0.480 e. The number of nitrogens with two attached hydrogens (primary N) is 1. The van der Waals surface area contributed by atoms with Gasteiger partial charge in [0.1, 0.15) is 11.9 Å². The number of aliphatic carboxylic acids is 1. The molecular formula is C10H10F3NO2S. The highest BCUT2D eigenvalue weighted by molar-refractivity contribution is 7.98. The number of rotatable bonds is 4. The van der Waals surface area contributed by atoms with Gasteiger partial charge in [0.25, 0.3) is 0 Å². The molecule has 94 valence electrons. The van der Waals surface area contributed by atoms with Crippen LogP contribution in [0.25, 0.3) is 0 Å². The second-order valence-electron chi connectivity index (χ2n) is 3.33. The Hall–Kier alpha value is -1.21. The number of hydrogen-bond acceptors (Lipinski definition) is 3. The Labute approximate surface area is 99.8 Å². The molecule has 0 fully saturated rings. The fourth-order valence-electron chi connectivity index (χ4n) is 1.29. The van der Waals surface area contributed by atoms with Gasteiger partial charge in [0, 0.05) is 6.42 Å². The number of thioether (sulfide) groups is 1. The van der Waals surface area contributed by atoms with Crippen molar-refractivity contribution in [3.05, 3.63) is 29.1 Å². The molecule has 3 N–H and O–H groups in total. The molecule has 3 nitrogen and oxygen atoms in total. The summed E-state index contributed by atoms with van der Waals surface area (Å²) in [5.74, 6) is -4.86. The molecule has 1 aromatic rings. The van der Waals surface area contributed by atoms with Crippen molar-refractivity contribution in [3.63, 3.8) is 0 Å². The summed E-state index contributed by atoms with van der Waals surface area (Å²) in [7, 11) is 0. The van der Waals surface area contributed by atoms with Gasteiger partial charge < -0.3 is 10.8 Å². The molecule has 0 aliphatic rings. The molecule has 0 aliphatic heterocycles. The fraction of sp³-hybridized carbons (Fsp3) is 0.300. The normalized spacial score (nSPS) is 12.5. The van der Waals surface area contributed by atoms with Crippen LogP contribution in [0.3, 0.4) is 0 Å². The molecule has 1 atom stereocenters. The van der Waals surface area contributed by atoms with Crippen LogP contribution in [0.5, 0.6) is 0 Å². The standard InChI is InChI=1S/C10H10F3NO2S/c1-17-9-5(11)2-4(7(12)8(9)13)3-6(14)10(15)16/h2,6H,3,14H2,1H3,(H,15,16). The molecule has 0 bridgehead atoms. The van der Waals surface area contributed by atoms with Gasteiger partial charge in [-0.1, -0.05) is 0 Å². The molecule has 0 aromatic heterocycles. The van der Waals surface area contributed by atoms with Crippen LogP contribution in [0, 0.1) is 17.5 Å². The van der Waals surface area contributed by atoms with Crippen LogP contribution in [-0.4, -0.2) is 23.4 Å². The van der Waals surface area contributed by atoms with Crippen LogP contribution in [0.15, 0.2) is 11.0 Å². The first kappa shape index (κ1) is 13.9. The molecule has 0 heterocycles. The Morgan fingerprint density at radius 2 is 2.06 bits per heavy atom. The SMILES string of the molecule is CSc1c(F)cc(CC(N)C(=O)O)c(F)c1F. The Balaban J connectivity index is 3.15. The summed E-state index contributed by atoms with van der Waals surface area (Å²) in [4.78, 5) is 10.0. The van der Waals surface area contributed by atoms with Crippen LogP contribution in [0.4, 0.5) is 13.2 Å². The van der Waals surface area contributed by atoms with Gasteiger partial charge in [0.2, 0.25) is 0 Å². The average molecular weight is 265 g/mol. The lowest BCUT2D eigenvalue weighted by molar-refractivity contribution is -0.138. The van der Waals surface area contributed by atoms with Crippen LogP contribution >= 0.6 is 11.8 Å². The monoisotopic (exact) mass is 265 g/mol. The lowest BCUT2D eigenvalue weighted by Gasteiger charge is -2.10. The molecule has 0 saturated heterocycles. The third-order valence-electron chi connectivity index (χ3n) is 2.15. The van der Waals surface area contributed by atoms with E-state index < -0.39 is 40.8 Å². The van der Waals surface area contributed by atoms with Gasteiger partial charge in [0.15, 0.2) is 11.6 Å². The second-order valence-corrected chi connectivity index (χ2v) is 4.14. The van der Waals surface area contributed by atoms with E-state index in [2.05, 4.69) is 0 Å². The molecule has 1 aromatic carbocycles. The third kappa shape index (κ3) is 2.92. The number of carboxylic acids is 1. The molecule has 0 aliphatic carbocycles. The smallest absolute Gasteiger partial charge is 0.320 e. The van der Waals surface area contributed by atoms with Crippen LogP contribution in [0.1, 0.15) is 5.56 Å². The van der Waals surface area contributed by atoms with Gasteiger partial charge >= 0.3 is 5.97 Å². The Bertz CT molecular complexity index is 454. The molecule has 17 heavy (non-hydrogen) atoms. The molecule has 0 spiro atoms. The van der Waals surface area contributed by atoms with Crippen molar-refractivity contribution in [1.82, 2.24) is 0 Å². The van der Waals surface area contributed by atoms with E-state index in [1.165, 1.54) is 6.26 Å². The maximum Gasteiger partial charge on any atom is 0.320 e. The predicted octanol–water partition coefficient (Wildman–Crippen LogP) is 1.78. The number of carboxylic acid groups (broad SMARTS) is 1. The summed E-state index contributed by atoms with van der Waals surface area (Å²) in [5.41, 5.74) is 4.79. The summed E-state index contributed by atoms with van der Waals surface area (Å²) >= 11 is 0.733. The molecular weight excluding hydrogens is 255 g/mol. The Morgan fingerprint density at radius 1 is 1.47 bits per heavy atom. The average Bonchev–Trinajstić information content (AvgIpc) is 2.26. The van der Waals surface area contributed by atoms with Crippen molar-refractivity contribution < 1.29 is 23.1 Å². The zero-order valence-electron chi connectivity index (χ0n) is 8.84. The van der Waals surface area contributed by atoms with Gasteiger partial charge in [0.05, 0.1) is 4.90 Å². The van der Waals surface area contributed by atoms with Gasteiger partial charge in [-0.2, -0.15) is 0 Å². The van der Waals surface area contributed by atoms with Crippen molar-refractivity contribution in [3.8, 4) is 0 Å². The van der Waals surface area contributed by atoms with Crippen molar-refractivity contribution >= 4 is 17.7 Å². The number of benzene rings is 1. The number of carbonyl (C=O) groups is 1. The largest absolute Gasteiger partial charge is 0.480 e. The number of hydrogen-bond donors (Lipinski definition) is 2. The second kappa shape index (κ2) is 5.42. The van der Waals surface area contributed by atoms with Gasteiger partial charge in [-0.15, -0.1) is 11.8 Å². The summed E-state index contributed by atoms with van der Waals surface area (Å²) in [6.45, 7) is 0. The highest BCUT2D eigenvalue weighted by atomic mass is 32.2. The van der Waals surface area contributed by atoms with E-state index in [0.29, 0.717) is 0 Å². The van der Waals surface area contributed by atoms with Crippen molar-refractivity contribution in [2.24, 2.45) is 5.73 Å². The molecule has 0 radical (unpaired) electrons. The quantitative estimate of drug-likeness (QED) is 0.643. The highest BCUT2D eigenvalue weighted by Crippen LogP contribution is 2.27. The first-order valence-electron chi connectivity index (χ1n) is 4.57. The van der Waals surface area contributed by atoms with Gasteiger partial charge in [-0.25, -0.2) is 13.2 Å². The molecule has 0 amide bonds. The van der Waals surface area contributed by atoms with E-state index >= 15 is 0 Å². The van der Waals surface area contributed by atoms with Gasteiger partial charge in [-0.05, 0) is 17.9 Å². The summed E-state index contributed by atoms with van der Waals surface area (Å²) in [5, 5.41) is 8.53. The molecule has 1 unspecified atom stereocenters. The first-order chi connectivity index (χ1) is 7.88. The predicted molar refractivity (Wildman–Crippen MR) is 57.4 cm³/mol. The van der Waals surface area contributed by atoms with E-state index in [4.69, 9.17) is 10.8 Å². The van der Waals surface area contributed by atoms with Crippen molar-refractivity contribution in [2.75, 3.05) is 6.26 Å². The fourth-order valence-corrected chi connectivity index (χ4v) is 1.81. The minimum atomic E-state index is -1.40. The summed E-state index contributed by atoms with van der Waals surface area (Å²) in [6.07, 6.45) is 0.938. The van der Waals surface area contributed by atoms with Crippen molar-refractivity contribution in [1.29, 1.82) is 0 Å². The lowest BCUT2D eigenvalue weighted by atomic mass is 10.1. The zero-order valence-corrected chi connectivity index (χ0v) is 9.65. The third-order valence-corrected chi connectivity index (χ3v) is 2.94. The maximum absolute atomic E-state index is 13.4. The van der Waals surface area contributed by atoms with E-state index in [-0.39, 0.29) is 5.56 Å². The first-order valence-corrected chi connectivity index (χ1v) is 5.79. The minimum absolute atomic E-state index is 0.382. The topological polar surface area (TPSA) is 63.3 Å². The van der Waals surface area contributed by atoms with Gasteiger partial charge in [-0.3, -0.25) is 4.79 Å². The maximum atomic E-state index is 13.4. The Morgan fingerprint density at radius 3 is 2.53 bits per heavy atom. The van der Waals surface area contributed by atoms with E-state index in [1.807, 2.05) is 0 Å². The Kier molecular flexibility index (Phi) is 4.41. The van der Waals surface area contributed by atoms with E-state index in [9.17, 15) is 18.0 Å². The molecule has 1 rings (SSSR count). The van der Waals surface area contributed by atoms with Crippen LogP contribution < -0.4 is 5.73 Å².